The van der Waals surface area contributed by atoms with Gasteiger partial charge in [-0.25, -0.2) is 0 Å². The molecule has 0 unspecified atom stereocenters. The van der Waals surface area contributed by atoms with E-state index in [1.54, 1.807) is 11.3 Å². The van der Waals surface area contributed by atoms with Crippen molar-refractivity contribution in [2.75, 3.05) is 0 Å². The first kappa shape index (κ1) is 15.7. The molecule has 0 aliphatic rings. The van der Waals surface area contributed by atoms with E-state index in [-0.39, 0.29) is 0 Å². The second-order valence-electron chi connectivity index (χ2n) is 5.03. The van der Waals surface area contributed by atoms with Crippen LogP contribution in [-0.4, -0.2) is 6.04 Å². The molecular formula is C16H20BrNOS. The molecule has 2 nitrogen and oxygen atoms in total. The van der Waals surface area contributed by atoms with E-state index < -0.39 is 0 Å². The second kappa shape index (κ2) is 7.93. The summed E-state index contributed by atoms with van der Waals surface area (Å²) in [6.45, 7) is 6.52. The second-order valence-corrected chi connectivity index (χ2v) is 6.92. The molecule has 2 rings (SSSR count). The van der Waals surface area contributed by atoms with E-state index in [2.05, 4.69) is 70.8 Å². The summed E-state index contributed by atoms with van der Waals surface area (Å²) < 4.78 is 6.87. The summed E-state index contributed by atoms with van der Waals surface area (Å²) in [6.07, 6.45) is 0. The molecule has 0 bridgehead atoms. The van der Waals surface area contributed by atoms with E-state index in [1.807, 2.05) is 0 Å². The lowest BCUT2D eigenvalue weighted by Gasteiger charge is -2.11. The molecule has 1 heterocycles. The minimum atomic E-state index is 0.502. The number of ether oxygens (including phenoxy) is 1. The van der Waals surface area contributed by atoms with Crippen molar-refractivity contribution in [3.05, 3.63) is 56.2 Å². The van der Waals surface area contributed by atoms with Crippen molar-refractivity contribution in [1.82, 2.24) is 5.32 Å². The minimum Gasteiger partial charge on any atom is -0.371 e. The van der Waals surface area contributed by atoms with Crippen LogP contribution in [0.15, 0.2) is 40.2 Å². The summed E-state index contributed by atoms with van der Waals surface area (Å²) in [7, 11) is 0. The smallest absolute Gasteiger partial charge is 0.0813 e. The van der Waals surface area contributed by atoms with Gasteiger partial charge in [0, 0.05) is 21.9 Å². The van der Waals surface area contributed by atoms with Crippen LogP contribution in [0.2, 0.25) is 0 Å². The van der Waals surface area contributed by atoms with Crippen LogP contribution in [0.25, 0.3) is 0 Å². The van der Waals surface area contributed by atoms with Crippen molar-refractivity contribution in [2.45, 2.75) is 39.6 Å². The lowest BCUT2D eigenvalue weighted by atomic mass is 10.1. The van der Waals surface area contributed by atoms with E-state index in [4.69, 9.17) is 4.74 Å². The van der Waals surface area contributed by atoms with Crippen molar-refractivity contribution >= 4 is 27.3 Å². The molecule has 0 aliphatic carbocycles. The van der Waals surface area contributed by atoms with Crippen LogP contribution < -0.4 is 5.32 Å². The maximum Gasteiger partial charge on any atom is 0.0813 e. The van der Waals surface area contributed by atoms with Gasteiger partial charge in [-0.15, -0.1) is 11.3 Å². The van der Waals surface area contributed by atoms with Gasteiger partial charge in [0.25, 0.3) is 0 Å². The van der Waals surface area contributed by atoms with E-state index in [0.29, 0.717) is 19.3 Å². The number of halogens is 1. The lowest BCUT2D eigenvalue weighted by molar-refractivity contribution is 0.109. The molecular weight excluding hydrogens is 334 g/mol. The number of benzene rings is 1. The molecule has 0 saturated heterocycles. The maximum absolute atomic E-state index is 5.75. The van der Waals surface area contributed by atoms with Crippen LogP contribution in [0.1, 0.15) is 29.9 Å². The SMILES string of the molecule is CC(C)NCc1ccc(COCc2cccs2)c(Br)c1. The fourth-order valence-electron chi connectivity index (χ4n) is 1.80. The molecule has 0 radical (unpaired) electrons. The van der Waals surface area contributed by atoms with Crippen LogP contribution in [0.5, 0.6) is 0 Å². The third-order valence-electron chi connectivity index (χ3n) is 2.91. The average molecular weight is 354 g/mol. The third kappa shape index (κ3) is 5.02. The largest absolute Gasteiger partial charge is 0.371 e. The van der Waals surface area contributed by atoms with Gasteiger partial charge in [0.15, 0.2) is 0 Å². The summed E-state index contributed by atoms with van der Waals surface area (Å²) in [4.78, 5) is 1.26. The first-order chi connectivity index (χ1) is 9.65. The van der Waals surface area contributed by atoms with Crippen molar-refractivity contribution < 1.29 is 4.74 Å². The Bertz CT molecular complexity index is 525. The molecule has 0 saturated carbocycles. The number of hydrogen-bond acceptors (Lipinski definition) is 3. The van der Waals surface area contributed by atoms with Gasteiger partial charge in [0.05, 0.1) is 13.2 Å². The van der Waals surface area contributed by atoms with Gasteiger partial charge in [-0.1, -0.05) is 48.0 Å². The highest BCUT2D eigenvalue weighted by atomic mass is 79.9. The van der Waals surface area contributed by atoms with Crippen LogP contribution in [0, 0.1) is 0 Å². The molecule has 1 aromatic carbocycles. The zero-order valence-electron chi connectivity index (χ0n) is 11.9. The molecule has 0 amide bonds. The third-order valence-corrected chi connectivity index (χ3v) is 4.50. The quantitative estimate of drug-likeness (QED) is 0.776. The molecule has 108 valence electrons. The van der Waals surface area contributed by atoms with Crippen molar-refractivity contribution in [2.24, 2.45) is 0 Å². The number of nitrogens with one attached hydrogen (secondary N) is 1. The molecule has 0 atom stereocenters. The summed E-state index contributed by atoms with van der Waals surface area (Å²) in [6, 6.07) is 11.1. The fraction of sp³-hybridized carbons (Fsp3) is 0.375. The molecule has 0 aliphatic heterocycles. The summed E-state index contributed by atoms with van der Waals surface area (Å²) >= 11 is 5.36. The zero-order valence-corrected chi connectivity index (χ0v) is 14.3. The Hall–Kier alpha value is -0.680. The van der Waals surface area contributed by atoms with Gasteiger partial charge >= 0.3 is 0 Å². The molecule has 1 aromatic heterocycles. The topological polar surface area (TPSA) is 21.3 Å². The highest BCUT2D eigenvalue weighted by Gasteiger charge is 2.03. The Labute approximate surface area is 133 Å². The zero-order chi connectivity index (χ0) is 14.4. The first-order valence-corrected chi connectivity index (χ1v) is 8.43. The highest BCUT2D eigenvalue weighted by Crippen LogP contribution is 2.20. The van der Waals surface area contributed by atoms with Gasteiger partial charge in [0.1, 0.15) is 0 Å². The van der Waals surface area contributed by atoms with E-state index >= 15 is 0 Å². The van der Waals surface area contributed by atoms with Gasteiger partial charge in [-0.3, -0.25) is 0 Å². The molecule has 2 aromatic rings. The Morgan fingerprint density at radius 2 is 2.10 bits per heavy atom. The predicted molar refractivity (Wildman–Crippen MR) is 88.9 cm³/mol. The van der Waals surface area contributed by atoms with Crippen LogP contribution in [-0.2, 0) is 24.5 Å². The Kier molecular flexibility index (Phi) is 6.23. The van der Waals surface area contributed by atoms with Gasteiger partial charge < -0.3 is 10.1 Å². The average Bonchev–Trinajstić information content (AvgIpc) is 2.92. The lowest BCUT2D eigenvalue weighted by Crippen LogP contribution is -2.21. The normalized spacial score (nSPS) is 11.2. The first-order valence-electron chi connectivity index (χ1n) is 6.76. The van der Waals surface area contributed by atoms with Gasteiger partial charge in [-0.05, 0) is 28.6 Å². The summed E-state index contributed by atoms with van der Waals surface area (Å²) in [5, 5.41) is 5.49. The molecule has 20 heavy (non-hydrogen) atoms. The van der Waals surface area contributed by atoms with E-state index in [1.165, 1.54) is 16.0 Å². The molecule has 0 fully saturated rings. The van der Waals surface area contributed by atoms with Crippen LogP contribution >= 0.6 is 27.3 Å². The highest BCUT2D eigenvalue weighted by molar-refractivity contribution is 9.10. The van der Waals surface area contributed by atoms with Crippen molar-refractivity contribution in [3.63, 3.8) is 0 Å². The fourth-order valence-corrected chi connectivity index (χ4v) is 2.98. The number of hydrogen-bond donors (Lipinski definition) is 1. The van der Waals surface area contributed by atoms with Gasteiger partial charge in [0.2, 0.25) is 0 Å². The summed E-state index contributed by atoms with van der Waals surface area (Å²) in [5.41, 5.74) is 2.47. The molecule has 0 spiro atoms. The van der Waals surface area contributed by atoms with Crippen molar-refractivity contribution in [3.8, 4) is 0 Å². The van der Waals surface area contributed by atoms with Gasteiger partial charge in [-0.2, -0.15) is 0 Å². The standard InChI is InChI=1S/C16H20BrNOS/c1-12(2)18-9-13-5-6-14(16(17)8-13)10-19-11-15-4-3-7-20-15/h3-8,12,18H,9-11H2,1-2H3. The summed E-state index contributed by atoms with van der Waals surface area (Å²) in [5.74, 6) is 0. The van der Waals surface area contributed by atoms with Crippen molar-refractivity contribution in [1.29, 1.82) is 0 Å². The van der Waals surface area contributed by atoms with E-state index in [0.717, 1.165) is 11.0 Å². The Balaban J connectivity index is 1.85. The predicted octanol–water partition coefficient (Wildman–Crippen LogP) is 4.73. The van der Waals surface area contributed by atoms with E-state index in [9.17, 15) is 0 Å². The number of thiophene rings is 1. The minimum absolute atomic E-state index is 0.502. The Morgan fingerprint density at radius 3 is 2.75 bits per heavy atom. The monoisotopic (exact) mass is 353 g/mol. The molecule has 1 N–H and O–H groups in total. The molecule has 4 heteroatoms. The Morgan fingerprint density at radius 1 is 1.25 bits per heavy atom. The van der Waals surface area contributed by atoms with Crippen LogP contribution in [0.3, 0.4) is 0 Å². The van der Waals surface area contributed by atoms with Crippen LogP contribution in [0.4, 0.5) is 0 Å². The maximum atomic E-state index is 5.75. The number of rotatable bonds is 7.